The van der Waals surface area contributed by atoms with E-state index in [2.05, 4.69) is 4.90 Å². The van der Waals surface area contributed by atoms with E-state index in [0.29, 0.717) is 16.9 Å². The van der Waals surface area contributed by atoms with E-state index in [1.807, 2.05) is 10.0 Å². The zero-order chi connectivity index (χ0) is 14.8. The van der Waals surface area contributed by atoms with Gasteiger partial charge in [0.25, 0.3) is 5.56 Å². The molecule has 1 aromatic carbocycles. The van der Waals surface area contributed by atoms with Crippen molar-refractivity contribution in [2.75, 3.05) is 33.9 Å². The van der Waals surface area contributed by atoms with Crippen molar-refractivity contribution in [1.82, 2.24) is 8.86 Å². The van der Waals surface area contributed by atoms with Gasteiger partial charge in [0.15, 0.2) is 0 Å². The highest BCUT2D eigenvalue weighted by atomic mass is 32.1. The number of aromatic nitrogens is 1. The van der Waals surface area contributed by atoms with E-state index in [4.69, 9.17) is 9.47 Å². The average molecular weight is 308 g/mol. The Morgan fingerprint density at radius 2 is 1.90 bits per heavy atom. The molecular formula is C15H20N2O3S. The highest BCUT2D eigenvalue weighted by molar-refractivity contribution is 7.13. The SMILES string of the molecule is COc1cc(OC)c2c(=O)n(CCN3CCCC3)sc2c1. The average Bonchev–Trinajstić information content (AvgIpc) is 3.12. The van der Waals surface area contributed by atoms with Gasteiger partial charge in [0.2, 0.25) is 0 Å². The van der Waals surface area contributed by atoms with Crippen LogP contribution in [-0.2, 0) is 6.54 Å². The van der Waals surface area contributed by atoms with Gasteiger partial charge in [0.05, 0.1) is 18.9 Å². The summed E-state index contributed by atoms with van der Waals surface area (Å²) in [4.78, 5) is 15.0. The lowest BCUT2D eigenvalue weighted by molar-refractivity contribution is 0.326. The lowest BCUT2D eigenvalue weighted by Crippen LogP contribution is -2.26. The Morgan fingerprint density at radius 1 is 1.14 bits per heavy atom. The minimum absolute atomic E-state index is 0.0358. The highest BCUT2D eigenvalue weighted by Crippen LogP contribution is 2.31. The smallest absolute Gasteiger partial charge is 0.272 e. The second-order valence-corrected chi connectivity index (χ2v) is 6.31. The number of fused-ring (bicyclic) bond motifs is 1. The molecule has 21 heavy (non-hydrogen) atoms. The van der Waals surface area contributed by atoms with E-state index < -0.39 is 0 Å². The topological polar surface area (TPSA) is 43.7 Å². The third-order valence-corrected chi connectivity index (χ3v) is 5.05. The summed E-state index contributed by atoms with van der Waals surface area (Å²) in [6, 6.07) is 3.66. The molecule has 1 aromatic heterocycles. The largest absolute Gasteiger partial charge is 0.497 e. The molecule has 0 amide bonds. The van der Waals surface area contributed by atoms with E-state index in [9.17, 15) is 4.79 Å². The molecule has 5 nitrogen and oxygen atoms in total. The molecule has 6 heteroatoms. The van der Waals surface area contributed by atoms with Gasteiger partial charge in [-0.1, -0.05) is 11.5 Å². The number of methoxy groups -OCH3 is 2. The summed E-state index contributed by atoms with van der Waals surface area (Å²) in [6.07, 6.45) is 2.54. The maximum Gasteiger partial charge on any atom is 0.272 e. The molecule has 1 aliphatic rings. The molecule has 1 saturated heterocycles. The van der Waals surface area contributed by atoms with Crippen LogP contribution in [0.5, 0.6) is 11.5 Å². The predicted octanol–water partition coefficient (Wildman–Crippen LogP) is 2.18. The number of hydrogen-bond acceptors (Lipinski definition) is 5. The standard InChI is InChI=1S/C15H20N2O3S/c1-19-11-9-12(20-2)14-13(10-11)21-17(15(14)18)8-7-16-5-3-4-6-16/h9-10H,3-8H2,1-2H3. The predicted molar refractivity (Wildman–Crippen MR) is 84.9 cm³/mol. The summed E-state index contributed by atoms with van der Waals surface area (Å²) < 4.78 is 13.3. The fourth-order valence-electron chi connectivity index (χ4n) is 2.80. The van der Waals surface area contributed by atoms with Crippen molar-refractivity contribution in [3.63, 3.8) is 0 Å². The molecule has 0 atom stereocenters. The lowest BCUT2D eigenvalue weighted by atomic mass is 10.2. The molecule has 2 heterocycles. The molecular weight excluding hydrogens is 288 g/mol. The van der Waals surface area contributed by atoms with Crippen LogP contribution >= 0.6 is 11.5 Å². The third kappa shape index (κ3) is 2.78. The molecule has 0 aliphatic carbocycles. The van der Waals surface area contributed by atoms with Crippen molar-refractivity contribution in [3.8, 4) is 11.5 Å². The Labute approximate surface area is 127 Å². The van der Waals surface area contributed by atoms with E-state index in [1.54, 1.807) is 20.3 Å². The Balaban J connectivity index is 1.92. The lowest BCUT2D eigenvalue weighted by Gasteiger charge is -2.13. The summed E-state index contributed by atoms with van der Waals surface area (Å²) in [5, 5.41) is 0.657. The molecule has 0 spiro atoms. The second-order valence-electron chi connectivity index (χ2n) is 5.25. The molecule has 0 radical (unpaired) electrons. The van der Waals surface area contributed by atoms with Crippen molar-refractivity contribution >= 4 is 21.6 Å². The molecule has 0 saturated carbocycles. The molecule has 2 aromatic rings. The van der Waals surface area contributed by atoms with Gasteiger partial charge in [-0.2, -0.15) is 0 Å². The van der Waals surface area contributed by atoms with Crippen LogP contribution in [0, 0.1) is 0 Å². The first kappa shape index (κ1) is 14.4. The monoisotopic (exact) mass is 308 g/mol. The minimum Gasteiger partial charge on any atom is -0.497 e. The van der Waals surface area contributed by atoms with Crippen LogP contribution in [0.1, 0.15) is 12.8 Å². The van der Waals surface area contributed by atoms with Gasteiger partial charge in [-0.15, -0.1) is 0 Å². The molecule has 0 bridgehead atoms. The van der Waals surface area contributed by atoms with Gasteiger partial charge in [0.1, 0.15) is 16.9 Å². The Bertz CT molecular complexity index is 686. The van der Waals surface area contributed by atoms with Crippen molar-refractivity contribution in [3.05, 3.63) is 22.5 Å². The quantitative estimate of drug-likeness (QED) is 0.849. The number of hydrogen-bond donors (Lipinski definition) is 0. The summed E-state index contributed by atoms with van der Waals surface area (Å²) in [5.41, 5.74) is 0.0358. The zero-order valence-corrected chi connectivity index (χ0v) is 13.2. The number of likely N-dealkylation sites (tertiary alicyclic amines) is 1. The Kier molecular flexibility index (Phi) is 4.17. The van der Waals surface area contributed by atoms with E-state index in [-0.39, 0.29) is 5.56 Å². The van der Waals surface area contributed by atoms with Crippen molar-refractivity contribution < 1.29 is 9.47 Å². The van der Waals surface area contributed by atoms with Gasteiger partial charge >= 0.3 is 0 Å². The Hall–Kier alpha value is -1.53. The van der Waals surface area contributed by atoms with Crippen LogP contribution in [0.2, 0.25) is 0 Å². The summed E-state index contributed by atoms with van der Waals surface area (Å²) in [7, 11) is 3.20. The van der Waals surface area contributed by atoms with Crippen LogP contribution in [-0.4, -0.2) is 42.7 Å². The van der Waals surface area contributed by atoms with Crippen LogP contribution in [0.4, 0.5) is 0 Å². The molecule has 0 unspecified atom stereocenters. The normalized spacial score (nSPS) is 15.7. The second kappa shape index (κ2) is 6.07. The summed E-state index contributed by atoms with van der Waals surface area (Å²) in [6.45, 7) is 3.98. The summed E-state index contributed by atoms with van der Waals surface area (Å²) in [5.74, 6) is 1.30. The van der Waals surface area contributed by atoms with Crippen LogP contribution < -0.4 is 15.0 Å². The van der Waals surface area contributed by atoms with Crippen LogP contribution in [0.25, 0.3) is 10.1 Å². The number of ether oxygens (including phenoxy) is 2. The maximum atomic E-state index is 12.5. The number of benzene rings is 1. The minimum atomic E-state index is 0.0358. The van der Waals surface area contributed by atoms with Gasteiger partial charge < -0.3 is 14.4 Å². The first-order valence-corrected chi connectivity index (χ1v) is 7.98. The van der Waals surface area contributed by atoms with Gasteiger partial charge in [-0.3, -0.25) is 8.75 Å². The van der Waals surface area contributed by atoms with Crippen molar-refractivity contribution in [1.29, 1.82) is 0 Å². The molecule has 1 fully saturated rings. The van der Waals surface area contributed by atoms with Gasteiger partial charge in [0, 0.05) is 19.2 Å². The summed E-state index contributed by atoms with van der Waals surface area (Å²) >= 11 is 1.48. The third-order valence-electron chi connectivity index (χ3n) is 3.96. The molecule has 114 valence electrons. The van der Waals surface area contributed by atoms with E-state index >= 15 is 0 Å². The van der Waals surface area contributed by atoms with Gasteiger partial charge in [-0.05, 0) is 32.0 Å². The zero-order valence-electron chi connectivity index (χ0n) is 12.4. The van der Waals surface area contributed by atoms with Crippen LogP contribution in [0.15, 0.2) is 16.9 Å². The molecule has 3 rings (SSSR count). The van der Waals surface area contributed by atoms with E-state index in [0.717, 1.165) is 30.9 Å². The number of rotatable bonds is 5. The van der Waals surface area contributed by atoms with E-state index in [1.165, 1.54) is 24.4 Å². The molecule has 0 N–H and O–H groups in total. The highest BCUT2D eigenvalue weighted by Gasteiger charge is 2.16. The fourth-order valence-corrected chi connectivity index (χ4v) is 3.83. The van der Waals surface area contributed by atoms with Crippen molar-refractivity contribution in [2.24, 2.45) is 0 Å². The van der Waals surface area contributed by atoms with Crippen molar-refractivity contribution in [2.45, 2.75) is 19.4 Å². The number of nitrogens with zero attached hydrogens (tertiary/aromatic N) is 2. The first-order valence-electron chi connectivity index (χ1n) is 7.21. The van der Waals surface area contributed by atoms with Gasteiger partial charge in [-0.25, -0.2) is 0 Å². The first-order chi connectivity index (χ1) is 10.2. The fraction of sp³-hybridized carbons (Fsp3) is 0.533. The Morgan fingerprint density at radius 3 is 2.57 bits per heavy atom. The van der Waals surface area contributed by atoms with Crippen LogP contribution in [0.3, 0.4) is 0 Å². The maximum absolute atomic E-state index is 12.5. The molecule has 1 aliphatic heterocycles.